The van der Waals surface area contributed by atoms with Gasteiger partial charge in [0.15, 0.2) is 17.3 Å². The van der Waals surface area contributed by atoms with E-state index < -0.39 is 11.1 Å². The predicted octanol–water partition coefficient (Wildman–Crippen LogP) is 5.20. The zero-order valence-electron chi connectivity index (χ0n) is 16.6. The Kier molecular flexibility index (Phi) is 5.30. The minimum atomic E-state index is -4.45. The Balaban J connectivity index is 1.43. The molecule has 3 aromatic heterocycles. The van der Waals surface area contributed by atoms with Crippen molar-refractivity contribution >= 4 is 27.4 Å². The van der Waals surface area contributed by atoms with Gasteiger partial charge in [0, 0.05) is 12.7 Å². The van der Waals surface area contributed by atoms with Gasteiger partial charge >= 0.3 is 6.18 Å². The van der Waals surface area contributed by atoms with Crippen LogP contribution in [0.25, 0.3) is 21.7 Å². The summed E-state index contributed by atoms with van der Waals surface area (Å²) in [6.07, 6.45) is -2.23. The van der Waals surface area contributed by atoms with Crippen molar-refractivity contribution in [2.75, 3.05) is 25.1 Å². The van der Waals surface area contributed by atoms with Crippen LogP contribution in [-0.2, 0) is 12.6 Å². The Labute approximate surface area is 185 Å². The van der Waals surface area contributed by atoms with Crippen LogP contribution >= 0.6 is 11.3 Å². The summed E-state index contributed by atoms with van der Waals surface area (Å²) in [5, 5.41) is 3.52. The van der Waals surface area contributed by atoms with Crippen LogP contribution in [0.4, 0.5) is 19.0 Å². The molecule has 164 valence electrons. The molecule has 0 aliphatic carbocycles. The van der Waals surface area contributed by atoms with Gasteiger partial charge in [-0.2, -0.15) is 13.2 Å². The number of halogens is 3. The smallest absolute Gasteiger partial charge is 0.425 e. The fourth-order valence-corrected chi connectivity index (χ4v) is 4.27. The van der Waals surface area contributed by atoms with E-state index in [1.807, 2.05) is 18.2 Å². The number of fused-ring (bicyclic) bond motifs is 2. The van der Waals surface area contributed by atoms with Gasteiger partial charge in [-0.25, -0.2) is 9.97 Å². The molecule has 0 bridgehead atoms. The third-order valence-electron chi connectivity index (χ3n) is 4.88. The SMILES string of the molecule is FC(F)(F)c1cc2c(NCCc3ccc4c(c3)OCCO4)nc(-c3ccccn3)nc2s1. The molecular weight excluding hydrogens is 441 g/mol. The van der Waals surface area contributed by atoms with E-state index in [2.05, 4.69) is 20.3 Å². The number of anilines is 1. The molecule has 1 aliphatic heterocycles. The van der Waals surface area contributed by atoms with Crippen LogP contribution in [0.3, 0.4) is 0 Å². The summed E-state index contributed by atoms with van der Waals surface area (Å²) < 4.78 is 51.0. The Bertz CT molecular complexity index is 1260. The normalized spacial score (nSPS) is 13.3. The van der Waals surface area contributed by atoms with Gasteiger partial charge in [-0.05, 0) is 42.3 Å². The Morgan fingerprint density at radius 2 is 1.84 bits per heavy atom. The second-order valence-corrected chi connectivity index (χ2v) is 8.12. The standard InChI is InChI=1S/C22H17F3N4O2S/c23-22(24,25)18-12-14-19(28-20(29-21(14)32-18)15-3-1-2-7-26-15)27-8-6-13-4-5-16-17(11-13)31-10-9-30-16/h1-5,7,11-12H,6,8-10H2,(H,27,28,29). The van der Waals surface area contributed by atoms with E-state index in [1.165, 1.54) is 0 Å². The molecule has 0 amide bonds. The number of thiophene rings is 1. The summed E-state index contributed by atoms with van der Waals surface area (Å²) in [5.41, 5.74) is 1.50. The summed E-state index contributed by atoms with van der Waals surface area (Å²) >= 11 is 0.598. The lowest BCUT2D eigenvalue weighted by Gasteiger charge is -2.19. The third-order valence-corrected chi connectivity index (χ3v) is 5.95. The van der Waals surface area contributed by atoms with Gasteiger partial charge < -0.3 is 14.8 Å². The van der Waals surface area contributed by atoms with Gasteiger partial charge in [-0.3, -0.25) is 4.98 Å². The van der Waals surface area contributed by atoms with Crippen molar-refractivity contribution in [3.8, 4) is 23.0 Å². The van der Waals surface area contributed by atoms with E-state index in [-0.39, 0.29) is 10.7 Å². The Hall–Kier alpha value is -3.40. The minimum absolute atomic E-state index is 0.259. The molecule has 1 N–H and O–H groups in total. The van der Waals surface area contributed by atoms with E-state index in [9.17, 15) is 13.2 Å². The molecule has 0 radical (unpaired) electrons. The molecule has 0 fully saturated rings. The van der Waals surface area contributed by atoms with E-state index in [4.69, 9.17) is 9.47 Å². The van der Waals surface area contributed by atoms with Crippen molar-refractivity contribution in [2.24, 2.45) is 0 Å². The number of aromatic nitrogens is 3. The molecule has 32 heavy (non-hydrogen) atoms. The van der Waals surface area contributed by atoms with Gasteiger partial charge in [0.25, 0.3) is 0 Å². The first-order chi connectivity index (χ1) is 15.5. The number of rotatable bonds is 5. The molecule has 4 aromatic rings. The molecule has 0 unspecified atom stereocenters. The highest BCUT2D eigenvalue weighted by molar-refractivity contribution is 7.18. The lowest BCUT2D eigenvalue weighted by molar-refractivity contribution is -0.134. The van der Waals surface area contributed by atoms with Gasteiger partial charge in [-0.15, -0.1) is 11.3 Å². The van der Waals surface area contributed by atoms with Crippen LogP contribution < -0.4 is 14.8 Å². The number of nitrogens with one attached hydrogen (secondary N) is 1. The second-order valence-electron chi connectivity index (χ2n) is 7.09. The van der Waals surface area contributed by atoms with Crippen LogP contribution in [-0.4, -0.2) is 34.7 Å². The number of hydrogen-bond donors (Lipinski definition) is 1. The molecule has 10 heteroatoms. The van der Waals surface area contributed by atoms with Crippen molar-refractivity contribution < 1.29 is 22.6 Å². The maximum Gasteiger partial charge on any atom is 0.425 e. The first-order valence-electron chi connectivity index (χ1n) is 9.90. The molecule has 6 nitrogen and oxygen atoms in total. The molecule has 0 saturated carbocycles. The van der Waals surface area contributed by atoms with Crippen LogP contribution in [0.1, 0.15) is 10.4 Å². The summed E-state index contributed by atoms with van der Waals surface area (Å²) in [4.78, 5) is 12.6. The highest BCUT2D eigenvalue weighted by Crippen LogP contribution is 2.40. The quantitative estimate of drug-likeness (QED) is 0.444. The largest absolute Gasteiger partial charge is 0.486 e. The highest BCUT2D eigenvalue weighted by Gasteiger charge is 2.33. The van der Waals surface area contributed by atoms with Crippen molar-refractivity contribution in [1.29, 1.82) is 0 Å². The van der Waals surface area contributed by atoms with Gasteiger partial charge in [-0.1, -0.05) is 12.1 Å². The first-order valence-corrected chi connectivity index (χ1v) is 10.7. The number of ether oxygens (including phenoxy) is 2. The molecule has 1 aliphatic rings. The van der Waals surface area contributed by atoms with Crippen molar-refractivity contribution in [3.63, 3.8) is 0 Å². The molecule has 4 heterocycles. The zero-order chi connectivity index (χ0) is 22.1. The molecule has 0 spiro atoms. The minimum Gasteiger partial charge on any atom is -0.486 e. The van der Waals surface area contributed by atoms with Crippen LogP contribution in [0.2, 0.25) is 0 Å². The molecular formula is C22H17F3N4O2S. The predicted molar refractivity (Wildman–Crippen MR) is 115 cm³/mol. The fourth-order valence-electron chi connectivity index (χ4n) is 3.37. The number of hydrogen-bond acceptors (Lipinski definition) is 7. The van der Waals surface area contributed by atoms with Crippen LogP contribution in [0, 0.1) is 0 Å². The third kappa shape index (κ3) is 4.18. The Morgan fingerprint density at radius 3 is 2.62 bits per heavy atom. The van der Waals surface area contributed by atoms with Gasteiger partial charge in [0.2, 0.25) is 0 Å². The van der Waals surface area contributed by atoms with Crippen molar-refractivity contribution in [1.82, 2.24) is 15.0 Å². The monoisotopic (exact) mass is 458 g/mol. The highest BCUT2D eigenvalue weighted by atomic mass is 32.1. The number of benzene rings is 1. The van der Waals surface area contributed by atoms with Crippen molar-refractivity contribution in [2.45, 2.75) is 12.6 Å². The zero-order valence-corrected chi connectivity index (χ0v) is 17.5. The van der Waals surface area contributed by atoms with Gasteiger partial charge in [0.1, 0.15) is 34.4 Å². The summed E-state index contributed by atoms with van der Waals surface area (Å²) in [6, 6.07) is 12.1. The molecule has 0 saturated heterocycles. The van der Waals surface area contributed by atoms with E-state index >= 15 is 0 Å². The lowest BCUT2D eigenvalue weighted by Crippen LogP contribution is -2.15. The van der Waals surface area contributed by atoms with E-state index in [0.29, 0.717) is 65.9 Å². The van der Waals surface area contributed by atoms with Crippen molar-refractivity contribution in [3.05, 3.63) is 59.1 Å². The maximum atomic E-state index is 13.3. The molecule has 5 rings (SSSR count). The van der Waals surface area contributed by atoms with E-state index in [0.717, 1.165) is 11.6 Å². The average Bonchev–Trinajstić information content (AvgIpc) is 3.25. The summed E-state index contributed by atoms with van der Waals surface area (Å²) in [7, 11) is 0. The number of alkyl halides is 3. The van der Waals surface area contributed by atoms with E-state index in [1.54, 1.807) is 24.4 Å². The van der Waals surface area contributed by atoms with Gasteiger partial charge in [0.05, 0.1) is 5.39 Å². The summed E-state index contributed by atoms with van der Waals surface area (Å²) in [6.45, 7) is 1.49. The number of nitrogens with zero attached hydrogens (tertiary/aromatic N) is 3. The first kappa shape index (κ1) is 20.5. The fraction of sp³-hybridized carbons (Fsp3) is 0.227. The summed E-state index contributed by atoms with van der Waals surface area (Å²) in [5.74, 6) is 2.03. The number of pyridine rings is 1. The maximum absolute atomic E-state index is 13.3. The lowest BCUT2D eigenvalue weighted by atomic mass is 10.1. The second kappa shape index (κ2) is 8.27. The van der Waals surface area contributed by atoms with Crippen LogP contribution in [0.15, 0.2) is 48.7 Å². The Morgan fingerprint density at radius 1 is 1.00 bits per heavy atom. The molecule has 0 atom stereocenters. The topological polar surface area (TPSA) is 69.2 Å². The van der Waals surface area contributed by atoms with Crippen LogP contribution in [0.5, 0.6) is 11.5 Å². The average molecular weight is 458 g/mol. The molecule has 1 aromatic carbocycles.